The first kappa shape index (κ1) is 23.6. The van der Waals surface area contributed by atoms with Crippen LogP contribution in [0.2, 0.25) is 0 Å². The van der Waals surface area contributed by atoms with Crippen molar-refractivity contribution in [2.24, 2.45) is 0 Å². The number of aryl methyl sites for hydroxylation is 1. The summed E-state index contributed by atoms with van der Waals surface area (Å²) in [6, 6.07) is 6.43. The van der Waals surface area contributed by atoms with Crippen molar-refractivity contribution in [1.82, 2.24) is 14.3 Å². The summed E-state index contributed by atoms with van der Waals surface area (Å²) in [7, 11) is 0. The quantitative estimate of drug-likeness (QED) is 0.493. The van der Waals surface area contributed by atoms with Gasteiger partial charge in [-0.3, -0.25) is 4.79 Å². The Morgan fingerprint density at radius 2 is 1.91 bits per heavy atom. The van der Waals surface area contributed by atoms with Crippen LogP contribution in [-0.4, -0.2) is 26.0 Å². The predicted molar refractivity (Wildman–Crippen MR) is 117 cm³/mol. The van der Waals surface area contributed by atoms with Gasteiger partial charge in [-0.1, -0.05) is 0 Å². The van der Waals surface area contributed by atoms with Gasteiger partial charge in [0.15, 0.2) is 0 Å². The molecule has 2 aromatic heterocycles. The Morgan fingerprint density at radius 3 is 2.56 bits per heavy atom. The Balaban J connectivity index is 1.77. The molecule has 0 spiro atoms. The number of halogens is 3. The second kappa shape index (κ2) is 9.23. The largest absolute Gasteiger partial charge is 0.487 e. The van der Waals surface area contributed by atoms with Crippen LogP contribution in [0.25, 0.3) is 0 Å². The standard InChI is InChI=1S/C22H22BrF2N3O4/c1-13-9-18(31-12-14-5-6-15(24)10-17(14)25)19(23)20(29)27(13)11-16-7-8-28(26-16)21(30)32-22(2,3)4/h5-10H,11-12H2,1-4H3. The van der Waals surface area contributed by atoms with E-state index in [1.54, 1.807) is 39.8 Å². The minimum Gasteiger partial charge on any atom is -0.487 e. The molecule has 3 aromatic rings. The summed E-state index contributed by atoms with van der Waals surface area (Å²) in [6.07, 6.45) is 0.846. The van der Waals surface area contributed by atoms with Gasteiger partial charge < -0.3 is 14.0 Å². The molecule has 0 atom stereocenters. The third-order valence-electron chi connectivity index (χ3n) is 4.36. The fourth-order valence-corrected chi connectivity index (χ4v) is 3.27. The minimum atomic E-state index is -0.730. The molecule has 0 aliphatic rings. The highest BCUT2D eigenvalue weighted by molar-refractivity contribution is 9.10. The van der Waals surface area contributed by atoms with Crippen molar-refractivity contribution in [2.45, 2.75) is 46.4 Å². The molecule has 0 unspecified atom stereocenters. The summed E-state index contributed by atoms with van der Waals surface area (Å²) in [5.74, 6) is -1.18. The molecule has 1 aromatic carbocycles. The molecule has 3 rings (SSSR count). The van der Waals surface area contributed by atoms with Crippen LogP contribution in [0.15, 0.2) is 45.8 Å². The molecular formula is C22H22BrF2N3O4. The number of pyridine rings is 1. The molecule has 32 heavy (non-hydrogen) atoms. The molecule has 0 saturated heterocycles. The van der Waals surface area contributed by atoms with Crippen molar-refractivity contribution in [1.29, 1.82) is 0 Å². The van der Waals surface area contributed by atoms with Gasteiger partial charge in [0.1, 0.15) is 34.1 Å². The molecular weight excluding hydrogens is 488 g/mol. The van der Waals surface area contributed by atoms with Gasteiger partial charge in [0.2, 0.25) is 0 Å². The summed E-state index contributed by atoms with van der Waals surface area (Å²) in [5.41, 5.74) is 0.169. The van der Waals surface area contributed by atoms with Gasteiger partial charge >= 0.3 is 6.09 Å². The van der Waals surface area contributed by atoms with Crippen LogP contribution in [0.3, 0.4) is 0 Å². The van der Waals surface area contributed by atoms with E-state index in [-0.39, 0.29) is 34.5 Å². The van der Waals surface area contributed by atoms with Crippen LogP contribution in [0.5, 0.6) is 5.75 Å². The second-order valence-corrected chi connectivity index (χ2v) is 8.90. The molecule has 7 nitrogen and oxygen atoms in total. The zero-order chi connectivity index (χ0) is 23.6. The van der Waals surface area contributed by atoms with Crippen LogP contribution in [0, 0.1) is 18.6 Å². The lowest BCUT2D eigenvalue weighted by Crippen LogP contribution is -2.28. The summed E-state index contributed by atoms with van der Waals surface area (Å²) in [6.45, 7) is 6.92. The normalized spacial score (nSPS) is 11.5. The van der Waals surface area contributed by atoms with Gasteiger partial charge in [-0.2, -0.15) is 9.78 Å². The number of aromatic nitrogens is 3. The van der Waals surface area contributed by atoms with Crippen LogP contribution < -0.4 is 10.3 Å². The number of benzene rings is 1. The summed E-state index contributed by atoms with van der Waals surface area (Å²) in [4.78, 5) is 25.0. The van der Waals surface area contributed by atoms with E-state index in [4.69, 9.17) is 9.47 Å². The summed E-state index contributed by atoms with van der Waals surface area (Å²) >= 11 is 3.23. The fraction of sp³-hybridized carbons (Fsp3) is 0.318. The maximum atomic E-state index is 13.8. The van der Waals surface area contributed by atoms with E-state index >= 15 is 0 Å². The number of carbonyl (C=O) groups excluding carboxylic acids is 1. The molecule has 0 fully saturated rings. The third kappa shape index (κ3) is 5.61. The van der Waals surface area contributed by atoms with Crippen LogP contribution >= 0.6 is 15.9 Å². The maximum Gasteiger partial charge on any atom is 0.435 e. The molecule has 0 saturated carbocycles. The Bertz CT molecular complexity index is 1210. The smallest absolute Gasteiger partial charge is 0.435 e. The number of carbonyl (C=O) groups is 1. The zero-order valence-corrected chi connectivity index (χ0v) is 19.6. The monoisotopic (exact) mass is 509 g/mol. The number of rotatable bonds is 5. The Kier molecular flexibility index (Phi) is 6.82. The van der Waals surface area contributed by atoms with Crippen molar-refractivity contribution >= 4 is 22.0 Å². The van der Waals surface area contributed by atoms with E-state index in [9.17, 15) is 18.4 Å². The molecule has 0 aliphatic heterocycles. The van der Waals surface area contributed by atoms with Crippen LogP contribution in [-0.2, 0) is 17.9 Å². The van der Waals surface area contributed by atoms with E-state index in [2.05, 4.69) is 21.0 Å². The number of hydrogen-bond donors (Lipinski definition) is 0. The second-order valence-electron chi connectivity index (χ2n) is 8.11. The van der Waals surface area contributed by atoms with Gasteiger partial charge in [-0.15, -0.1) is 0 Å². The first-order valence-corrected chi connectivity index (χ1v) is 10.5. The Hall–Kier alpha value is -3.01. The molecule has 170 valence electrons. The van der Waals surface area contributed by atoms with Crippen LogP contribution in [0.1, 0.15) is 37.7 Å². The lowest BCUT2D eigenvalue weighted by Gasteiger charge is -2.18. The average molecular weight is 510 g/mol. The van der Waals surface area contributed by atoms with E-state index in [1.807, 2.05) is 0 Å². The topological polar surface area (TPSA) is 75.3 Å². The fourth-order valence-electron chi connectivity index (χ4n) is 2.83. The first-order chi connectivity index (χ1) is 14.9. The highest BCUT2D eigenvalue weighted by atomic mass is 79.9. The Labute approximate surface area is 191 Å². The lowest BCUT2D eigenvalue weighted by atomic mass is 10.2. The van der Waals surface area contributed by atoms with E-state index < -0.39 is 23.3 Å². The van der Waals surface area contributed by atoms with Crippen molar-refractivity contribution in [3.63, 3.8) is 0 Å². The zero-order valence-electron chi connectivity index (χ0n) is 18.0. The van der Waals surface area contributed by atoms with Gasteiger partial charge in [-0.25, -0.2) is 13.6 Å². The summed E-state index contributed by atoms with van der Waals surface area (Å²) in [5, 5.41) is 4.18. The predicted octanol–water partition coefficient (Wildman–Crippen LogP) is 4.80. The molecule has 0 bridgehead atoms. The van der Waals surface area contributed by atoms with Crippen molar-refractivity contribution in [3.05, 3.63) is 79.9 Å². The lowest BCUT2D eigenvalue weighted by molar-refractivity contribution is 0.0513. The van der Waals surface area contributed by atoms with Gasteiger partial charge in [0.05, 0.1) is 12.2 Å². The van der Waals surface area contributed by atoms with Gasteiger partial charge in [0, 0.05) is 29.6 Å². The summed E-state index contributed by atoms with van der Waals surface area (Å²) < 4.78 is 40.4. The minimum absolute atomic E-state index is 0.117. The molecule has 0 aliphatic carbocycles. The number of hydrogen-bond acceptors (Lipinski definition) is 5. The highest BCUT2D eigenvalue weighted by Gasteiger charge is 2.19. The molecule has 0 radical (unpaired) electrons. The van der Waals surface area contributed by atoms with Crippen molar-refractivity contribution in [2.75, 3.05) is 0 Å². The average Bonchev–Trinajstić information content (AvgIpc) is 3.16. The number of ether oxygens (including phenoxy) is 2. The maximum absolute atomic E-state index is 13.8. The molecule has 0 amide bonds. The van der Waals surface area contributed by atoms with E-state index in [1.165, 1.54) is 16.8 Å². The van der Waals surface area contributed by atoms with Crippen LogP contribution in [0.4, 0.5) is 13.6 Å². The SMILES string of the molecule is Cc1cc(OCc2ccc(F)cc2F)c(Br)c(=O)n1Cc1ccn(C(=O)OC(C)(C)C)n1. The van der Waals surface area contributed by atoms with Crippen molar-refractivity contribution in [3.8, 4) is 5.75 Å². The molecule has 10 heteroatoms. The van der Waals surface area contributed by atoms with E-state index in [0.717, 1.165) is 16.8 Å². The Morgan fingerprint density at radius 1 is 1.19 bits per heavy atom. The van der Waals surface area contributed by atoms with E-state index in [0.29, 0.717) is 11.4 Å². The van der Waals surface area contributed by atoms with Gasteiger partial charge in [0.25, 0.3) is 5.56 Å². The molecule has 2 heterocycles. The molecule has 0 N–H and O–H groups in total. The van der Waals surface area contributed by atoms with Crippen molar-refractivity contribution < 1.29 is 23.0 Å². The third-order valence-corrected chi connectivity index (χ3v) is 5.09. The van der Waals surface area contributed by atoms with Gasteiger partial charge in [-0.05, 0) is 61.8 Å². The highest BCUT2D eigenvalue weighted by Crippen LogP contribution is 2.24. The number of nitrogens with zero attached hydrogens (tertiary/aromatic N) is 3. The first-order valence-electron chi connectivity index (χ1n) is 9.69.